The number of hydrogen-bond acceptors (Lipinski definition) is 4. The van der Waals surface area contributed by atoms with Gasteiger partial charge in [-0.2, -0.15) is 5.10 Å². The quantitative estimate of drug-likeness (QED) is 0.740. The number of carbonyl (C=O) groups excluding carboxylic acids is 1. The first kappa shape index (κ1) is 15.5. The van der Waals surface area contributed by atoms with Crippen LogP contribution in [0.1, 0.15) is 26.7 Å². The van der Waals surface area contributed by atoms with E-state index in [1.54, 1.807) is 0 Å². The van der Waals surface area contributed by atoms with E-state index in [0.717, 1.165) is 12.8 Å². The lowest BCUT2D eigenvalue weighted by Crippen LogP contribution is -2.28. The molecule has 0 saturated carbocycles. The third kappa shape index (κ3) is 4.90. The first-order chi connectivity index (χ1) is 9.06. The van der Waals surface area contributed by atoms with E-state index in [0.29, 0.717) is 25.3 Å². The van der Waals surface area contributed by atoms with Crippen molar-refractivity contribution in [2.75, 3.05) is 18.4 Å². The average molecular weight is 287 g/mol. The highest BCUT2D eigenvalue weighted by Gasteiger charge is 2.08. The van der Waals surface area contributed by atoms with Crippen LogP contribution < -0.4 is 16.2 Å². The van der Waals surface area contributed by atoms with Gasteiger partial charge in [0.2, 0.25) is 5.91 Å². The number of anilines is 1. The van der Waals surface area contributed by atoms with Crippen molar-refractivity contribution in [3.63, 3.8) is 0 Å². The molecule has 1 heterocycles. The van der Waals surface area contributed by atoms with Crippen LogP contribution in [0.15, 0.2) is 11.0 Å². The van der Waals surface area contributed by atoms with E-state index in [-0.39, 0.29) is 16.5 Å². The molecule has 1 aromatic heterocycles. The van der Waals surface area contributed by atoms with Crippen molar-refractivity contribution < 1.29 is 4.79 Å². The summed E-state index contributed by atoms with van der Waals surface area (Å²) in [4.78, 5) is 22.6. The van der Waals surface area contributed by atoms with Crippen molar-refractivity contribution >= 4 is 23.2 Å². The van der Waals surface area contributed by atoms with E-state index in [4.69, 9.17) is 11.6 Å². The third-order valence-corrected chi connectivity index (χ3v) is 2.89. The predicted molar refractivity (Wildman–Crippen MR) is 75.6 cm³/mol. The molecule has 19 heavy (non-hydrogen) atoms. The van der Waals surface area contributed by atoms with Crippen LogP contribution in [0.2, 0.25) is 5.02 Å². The van der Waals surface area contributed by atoms with Gasteiger partial charge in [0.1, 0.15) is 5.02 Å². The molecule has 1 aromatic rings. The van der Waals surface area contributed by atoms with Gasteiger partial charge in [-0.15, -0.1) is 0 Å². The Kier molecular flexibility index (Phi) is 6.35. The van der Waals surface area contributed by atoms with Gasteiger partial charge in [-0.1, -0.05) is 24.9 Å². The van der Waals surface area contributed by atoms with Crippen molar-refractivity contribution in [1.82, 2.24) is 15.1 Å². The summed E-state index contributed by atoms with van der Waals surface area (Å²) in [7, 11) is 0. The number of unbranched alkanes of at least 4 members (excludes halogenated alkanes) is 1. The molecule has 0 bridgehead atoms. The van der Waals surface area contributed by atoms with Crippen LogP contribution in [0.4, 0.5) is 5.69 Å². The predicted octanol–water partition coefficient (Wildman–Crippen LogP) is 1.24. The summed E-state index contributed by atoms with van der Waals surface area (Å²) in [6, 6.07) is 0. The Morgan fingerprint density at radius 1 is 1.47 bits per heavy atom. The molecule has 1 amide bonds. The van der Waals surface area contributed by atoms with Crippen molar-refractivity contribution in [2.24, 2.45) is 0 Å². The van der Waals surface area contributed by atoms with Gasteiger partial charge in [-0.3, -0.25) is 9.59 Å². The Hall–Kier alpha value is -1.56. The number of nitrogens with one attached hydrogen (secondary N) is 2. The zero-order chi connectivity index (χ0) is 14.3. The van der Waals surface area contributed by atoms with E-state index < -0.39 is 0 Å². The first-order valence-corrected chi connectivity index (χ1v) is 6.68. The van der Waals surface area contributed by atoms with Gasteiger partial charge >= 0.3 is 0 Å². The minimum absolute atomic E-state index is 0.0963. The molecule has 7 heteroatoms. The van der Waals surface area contributed by atoms with Gasteiger partial charge in [0, 0.05) is 26.6 Å². The summed E-state index contributed by atoms with van der Waals surface area (Å²) in [5.41, 5.74) is 0.199. The number of carbonyl (C=O) groups is 1. The Bertz CT molecular complexity index is 487. The molecule has 0 aromatic carbocycles. The summed E-state index contributed by atoms with van der Waals surface area (Å²) in [6.07, 6.45) is 3.41. The zero-order valence-corrected chi connectivity index (χ0v) is 12.0. The Morgan fingerprint density at radius 2 is 2.21 bits per heavy atom. The molecule has 0 unspecified atom stereocenters. The van der Waals surface area contributed by atoms with Crippen LogP contribution in [0, 0.1) is 0 Å². The van der Waals surface area contributed by atoms with Crippen LogP contribution >= 0.6 is 11.6 Å². The molecular formula is C12H19ClN4O2. The van der Waals surface area contributed by atoms with E-state index >= 15 is 0 Å². The van der Waals surface area contributed by atoms with E-state index in [1.165, 1.54) is 17.8 Å². The summed E-state index contributed by atoms with van der Waals surface area (Å²) in [5, 5.41) is 9.80. The highest BCUT2D eigenvalue weighted by molar-refractivity contribution is 6.32. The number of aromatic nitrogens is 2. The van der Waals surface area contributed by atoms with Crippen molar-refractivity contribution in [3.05, 3.63) is 21.6 Å². The van der Waals surface area contributed by atoms with Gasteiger partial charge in [0.05, 0.1) is 11.9 Å². The number of nitrogens with zero attached hydrogens (tertiary/aromatic N) is 2. The standard InChI is InChI=1S/C12H19ClN4O2/c1-3-4-7-17-12(19)11(13)10(8-16-17)15-6-5-14-9(2)18/h8,15H,3-7H2,1-2H3,(H,14,18). The smallest absolute Gasteiger partial charge is 0.287 e. The number of amides is 1. The first-order valence-electron chi connectivity index (χ1n) is 6.30. The molecule has 0 aliphatic carbocycles. The fourth-order valence-corrected chi connectivity index (χ4v) is 1.70. The third-order valence-electron chi connectivity index (χ3n) is 2.52. The van der Waals surface area contributed by atoms with E-state index in [9.17, 15) is 9.59 Å². The maximum absolute atomic E-state index is 11.9. The second kappa shape index (κ2) is 7.78. The second-order valence-corrected chi connectivity index (χ2v) is 4.54. The lowest BCUT2D eigenvalue weighted by atomic mass is 10.3. The van der Waals surface area contributed by atoms with Crippen molar-refractivity contribution in [3.8, 4) is 0 Å². The van der Waals surface area contributed by atoms with Gasteiger partial charge in [0.25, 0.3) is 5.56 Å². The van der Waals surface area contributed by atoms with Gasteiger partial charge in [-0.05, 0) is 6.42 Å². The number of hydrogen-bond donors (Lipinski definition) is 2. The van der Waals surface area contributed by atoms with Crippen molar-refractivity contribution in [1.29, 1.82) is 0 Å². The lowest BCUT2D eigenvalue weighted by Gasteiger charge is -2.10. The number of aryl methyl sites for hydroxylation is 1. The Balaban J connectivity index is 2.63. The van der Waals surface area contributed by atoms with Crippen LogP contribution in [0.25, 0.3) is 0 Å². The van der Waals surface area contributed by atoms with Gasteiger partial charge < -0.3 is 10.6 Å². The molecule has 2 N–H and O–H groups in total. The second-order valence-electron chi connectivity index (χ2n) is 4.16. The zero-order valence-electron chi connectivity index (χ0n) is 11.2. The molecule has 106 valence electrons. The molecule has 0 radical (unpaired) electrons. The van der Waals surface area contributed by atoms with Crippen LogP contribution in [0.5, 0.6) is 0 Å². The maximum Gasteiger partial charge on any atom is 0.287 e. The number of rotatable bonds is 7. The average Bonchev–Trinajstić information content (AvgIpc) is 2.38. The number of halogens is 1. The highest BCUT2D eigenvalue weighted by Crippen LogP contribution is 2.14. The monoisotopic (exact) mass is 286 g/mol. The molecule has 0 saturated heterocycles. The summed E-state index contributed by atoms with van der Waals surface area (Å²) < 4.78 is 1.37. The summed E-state index contributed by atoms with van der Waals surface area (Å²) >= 11 is 6.00. The summed E-state index contributed by atoms with van der Waals surface area (Å²) in [6.45, 7) is 5.01. The Morgan fingerprint density at radius 3 is 2.84 bits per heavy atom. The Labute approximate surface area is 117 Å². The molecular weight excluding hydrogens is 268 g/mol. The van der Waals surface area contributed by atoms with E-state index in [2.05, 4.69) is 15.7 Å². The minimum Gasteiger partial charge on any atom is -0.381 e. The van der Waals surface area contributed by atoms with Crippen LogP contribution in [-0.4, -0.2) is 28.8 Å². The molecule has 0 atom stereocenters. The molecule has 0 aliphatic heterocycles. The molecule has 0 spiro atoms. The highest BCUT2D eigenvalue weighted by atomic mass is 35.5. The largest absolute Gasteiger partial charge is 0.381 e. The summed E-state index contributed by atoms with van der Waals surface area (Å²) in [5.74, 6) is -0.0963. The molecule has 6 nitrogen and oxygen atoms in total. The fourth-order valence-electron chi connectivity index (χ4n) is 1.49. The van der Waals surface area contributed by atoms with E-state index in [1.807, 2.05) is 6.92 Å². The molecule has 0 fully saturated rings. The van der Waals surface area contributed by atoms with Crippen molar-refractivity contribution in [2.45, 2.75) is 33.2 Å². The molecule has 1 rings (SSSR count). The fraction of sp³-hybridized carbons (Fsp3) is 0.583. The normalized spacial score (nSPS) is 10.3. The lowest BCUT2D eigenvalue weighted by molar-refractivity contribution is -0.118. The van der Waals surface area contributed by atoms with Gasteiger partial charge in [-0.25, -0.2) is 4.68 Å². The van der Waals surface area contributed by atoms with Gasteiger partial charge in [0.15, 0.2) is 0 Å². The minimum atomic E-state index is -0.292. The SMILES string of the molecule is CCCCn1ncc(NCCNC(C)=O)c(Cl)c1=O. The van der Waals surface area contributed by atoms with Crippen LogP contribution in [0.3, 0.4) is 0 Å². The maximum atomic E-state index is 11.9. The molecule has 0 aliphatic rings. The topological polar surface area (TPSA) is 76.0 Å². The van der Waals surface area contributed by atoms with Crippen LogP contribution in [-0.2, 0) is 11.3 Å².